The van der Waals surface area contributed by atoms with Gasteiger partial charge in [0.1, 0.15) is 0 Å². The standard InChI is InChI=1S/C9H16NS/c1-4-7-10(2,3)9-6-5-8-11-9/h5-6,8H,4,7H2,1-3H3/q+1. The molecule has 0 fully saturated rings. The molecule has 1 aromatic heterocycles. The highest BCUT2D eigenvalue weighted by Crippen LogP contribution is 2.24. The number of quaternary nitrogens is 1. The minimum Gasteiger partial charge on any atom is -0.287 e. The van der Waals surface area contributed by atoms with Crippen molar-refractivity contribution in [2.24, 2.45) is 0 Å². The van der Waals surface area contributed by atoms with Gasteiger partial charge in [0.25, 0.3) is 0 Å². The fraction of sp³-hybridized carbons (Fsp3) is 0.556. The number of hydrogen-bond acceptors (Lipinski definition) is 1. The van der Waals surface area contributed by atoms with Crippen molar-refractivity contribution in [1.29, 1.82) is 0 Å². The van der Waals surface area contributed by atoms with Crippen LogP contribution < -0.4 is 4.48 Å². The summed E-state index contributed by atoms with van der Waals surface area (Å²) >= 11 is 1.84. The van der Waals surface area contributed by atoms with E-state index >= 15 is 0 Å². The minimum atomic E-state index is 1.02. The van der Waals surface area contributed by atoms with E-state index < -0.39 is 0 Å². The smallest absolute Gasteiger partial charge is 0.187 e. The molecular formula is C9H16NS+. The zero-order valence-corrected chi connectivity index (χ0v) is 8.32. The second kappa shape index (κ2) is 3.37. The predicted molar refractivity (Wildman–Crippen MR) is 53.1 cm³/mol. The topological polar surface area (TPSA) is 0 Å². The lowest BCUT2D eigenvalue weighted by Gasteiger charge is -2.26. The molecule has 1 aromatic rings. The second-order valence-corrected chi connectivity index (χ2v) is 4.29. The van der Waals surface area contributed by atoms with E-state index in [4.69, 9.17) is 0 Å². The summed E-state index contributed by atoms with van der Waals surface area (Å²) in [7, 11) is 4.52. The second-order valence-electron chi connectivity index (χ2n) is 3.36. The molecule has 0 spiro atoms. The number of hydrogen-bond donors (Lipinski definition) is 0. The van der Waals surface area contributed by atoms with Crippen molar-refractivity contribution in [3.8, 4) is 0 Å². The Kier molecular flexibility index (Phi) is 2.68. The molecule has 0 aliphatic heterocycles. The van der Waals surface area contributed by atoms with Gasteiger partial charge in [-0.05, 0) is 17.9 Å². The molecule has 11 heavy (non-hydrogen) atoms. The Morgan fingerprint density at radius 1 is 1.45 bits per heavy atom. The Balaban J connectivity index is 2.73. The van der Waals surface area contributed by atoms with Gasteiger partial charge >= 0.3 is 0 Å². The lowest BCUT2D eigenvalue weighted by Crippen LogP contribution is -2.40. The van der Waals surface area contributed by atoms with Crippen LogP contribution in [0.5, 0.6) is 0 Å². The predicted octanol–water partition coefficient (Wildman–Crippen LogP) is 2.73. The summed E-state index contributed by atoms with van der Waals surface area (Å²) in [4.78, 5) is 0. The molecule has 0 saturated carbocycles. The fourth-order valence-electron chi connectivity index (χ4n) is 1.28. The maximum absolute atomic E-state index is 2.26. The first-order valence-corrected chi connectivity index (χ1v) is 4.92. The first kappa shape index (κ1) is 8.75. The minimum absolute atomic E-state index is 1.02. The van der Waals surface area contributed by atoms with Crippen molar-refractivity contribution in [2.75, 3.05) is 20.6 Å². The van der Waals surface area contributed by atoms with Gasteiger partial charge in [-0.3, -0.25) is 4.48 Å². The third kappa shape index (κ3) is 2.04. The number of nitrogens with zero attached hydrogens (tertiary/aromatic N) is 1. The third-order valence-corrected chi connectivity index (χ3v) is 3.05. The van der Waals surface area contributed by atoms with Crippen LogP contribution in [0.3, 0.4) is 0 Å². The zero-order chi connectivity index (χ0) is 8.32. The summed E-state index contributed by atoms with van der Waals surface area (Å²) in [6.07, 6.45) is 1.24. The van der Waals surface area contributed by atoms with E-state index in [0.717, 1.165) is 4.48 Å². The van der Waals surface area contributed by atoms with Gasteiger partial charge in [-0.1, -0.05) is 18.3 Å². The summed E-state index contributed by atoms with van der Waals surface area (Å²) in [6, 6.07) is 4.33. The molecule has 1 heterocycles. The maximum Gasteiger partial charge on any atom is 0.187 e. The molecule has 0 unspecified atom stereocenters. The van der Waals surface area contributed by atoms with Crippen LogP contribution in [0.1, 0.15) is 13.3 Å². The Morgan fingerprint density at radius 2 is 2.18 bits per heavy atom. The van der Waals surface area contributed by atoms with Crippen LogP contribution in [0.25, 0.3) is 0 Å². The van der Waals surface area contributed by atoms with Gasteiger partial charge in [-0.25, -0.2) is 0 Å². The Labute approximate surface area is 72.9 Å². The largest absolute Gasteiger partial charge is 0.287 e. The van der Waals surface area contributed by atoms with E-state index in [1.54, 1.807) is 0 Å². The highest BCUT2D eigenvalue weighted by Gasteiger charge is 2.17. The van der Waals surface area contributed by atoms with Crippen LogP contribution in [-0.4, -0.2) is 20.6 Å². The van der Waals surface area contributed by atoms with Crippen molar-refractivity contribution in [3.63, 3.8) is 0 Å². The van der Waals surface area contributed by atoms with Crippen LogP contribution in [-0.2, 0) is 0 Å². The van der Waals surface area contributed by atoms with Crippen molar-refractivity contribution in [1.82, 2.24) is 4.48 Å². The van der Waals surface area contributed by atoms with Gasteiger partial charge in [0.05, 0.1) is 20.6 Å². The summed E-state index contributed by atoms with van der Waals surface area (Å²) in [5, 5.41) is 3.59. The van der Waals surface area contributed by atoms with E-state index in [-0.39, 0.29) is 0 Å². The summed E-state index contributed by atoms with van der Waals surface area (Å²) in [6.45, 7) is 3.45. The first-order chi connectivity index (χ1) is 5.17. The molecule has 0 N–H and O–H groups in total. The van der Waals surface area contributed by atoms with E-state index in [0.29, 0.717) is 0 Å². The first-order valence-electron chi connectivity index (χ1n) is 4.04. The van der Waals surface area contributed by atoms with Crippen LogP contribution in [0, 0.1) is 0 Å². The Morgan fingerprint density at radius 3 is 2.64 bits per heavy atom. The molecule has 0 atom stereocenters. The highest BCUT2D eigenvalue weighted by atomic mass is 32.1. The van der Waals surface area contributed by atoms with Crippen molar-refractivity contribution in [3.05, 3.63) is 17.5 Å². The lowest BCUT2D eigenvalue weighted by atomic mass is 10.4. The highest BCUT2D eigenvalue weighted by molar-refractivity contribution is 7.13. The van der Waals surface area contributed by atoms with Gasteiger partial charge in [0.2, 0.25) is 0 Å². The third-order valence-electron chi connectivity index (χ3n) is 1.89. The van der Waals surface area contributed by atoms with Gasteiger partial charge in [-0.2, -0.15) is 0 Å². The zero-order valence-electron chi connectivity index (χ0n) is 7.50. The Hall–Kier alpha value is -0.340. The summed E-state index contributed by atoms with van der Waals surface area (Å²) in [5.41, 5.74) is 0. The van der Waals surface area contributed by atoms with Crippen LogP contribution in [0.15, 0.2) is 17.5 Å². The molecule has 0 saturated heterocycles. The molecule has 0 amide bonds. The van der Waals surface area contributed by atoms with E-state index in [2.05, 4.69) is 38.5 Å². The SMILES string of the molecule is CCC[N+](C)(C)c1cccs1. The van der Waals surface area contributed by atoms with E-state index in [9.17, 15) is 0 Å². The van der Waals surface area contributed by atoms with Crippen LogP contribution in [0.4, 0.5) is 5.00 Å². The maximum atomic E-state index is 2.26. The van der Waals surface area contributed by atoms with Gasteiger partial charge in [-0.15, -0.1) is 0 Å². The molecule has 0 aromatic carbocycles. The number of thiophene rings is 1. The monoisotopic (exact) mass is 170 g/mol. The lowest BCUT2D eigenvalue weighted by molar-refractivity contribution is 0.405. The normalized spacial score (nSPS) is 11.9. The van der Waals surface area contributed by atoms with Crippen molar-refractivity contribution < 1.29 is 0 Å². The fourth-order valence-corrected chi connectivity index (χ4v) is 2.11. The van der Waals surface area contributed by atoms with E-state index in [1.807, 2.05) is 11.3 Å². The van der Waals surface area contributed by atoms with Crippen LogP contribution in [0.2, 0.25) is 0 Å². The number of rotatable bonds is 3. The molecule has 0 aliphatic carbocycles. The molecule has 62 valence electrons. The average molecular weight is 170 g/mol. The summed E-state index contributed by atoms with van der Waals surface area (Å²) < 4.78 is 1.02. The van der Waals surface area contributed by atoms with Crippen molar-refractivity contribution in [2.45, 2.75) is 13.3 Å². The molecule has 0 radical (unpaired) electrons. The van der Waals surface area contributed by atoms with Gasteiger partial charge < -0.3 is 0 Å². The van der Waals surface area contributed by atoms with Gasteiger partial charge in [0.15, 0.2) is 5.00 Å². The molecule has 1 nitrogen and oxygen atoms in total. The molecule has 1 rings (SSSR count). The molecular weight excluding hydrogens is 154 g/mol. The van der Waals surface area contributed by atoms with Crippen molar-refractivity contribution >= 4 is 16.3 Å². The molecule has 0 aliphatic rings. The van der Waals surface area contributed by atoms with Crippen LogP contribution >= 0.6 is 11.3 Å². The molecule has 0 bridgehead atoms. The summed E-state index contributed by atoms with van der Waals surface area (Å²) in [5.74, 6) is 0. The molecule has 2 heteroatoms. The quantitative estimate of drug-likeness (QED) is 0.612. The van der Waals surface area contributed by atoms with Gasteiger partial charge in [0, 0.05) is 6.07 Å². The Bertz CT molecular complexity index is 201. The van der Waals surface area contributed by atoms with E-state index in [1.165, 1.54) is 18.0 Å². The average Bonchev–Trinajstić information content (AvgIpc) is 2.37.